The largest absolute Gasteiger partial charge is 0.488 e. The van der Waals surface area contributed by atoms with Crippen molar-refractivity contribution < 1.29 is 24.0 Å². The molecule has 0 radical (unpaired) electrons. The number of urea groups is 1. The monoisotopic (exact) mass is 477 g/mol. The van der Waals surface area contributed by atoms with Gasteiger partial charge in [-0.15, -0.1) is 0 Å². The van der Waals surface area contributed by atoms with Gasteiger partial charge in [-0.3, -0.25) is 25.0 Å². The quantitative estimate of drug-likeness (QED) is 0.242. The number of nitro groups is 1. The zero-order chi connectivity index (χ0) is 24.2. The molecular formula is C24H16ClN3O6. The summed E-state index contributed by atoms with van der Waals surface area (Å²) in [5.74, 6) is -1.40. The van der Waals surface area contributed by atoms with E-state index in [2.05, 4.69) is 5.32 Å². The normalized spacial score (nSPS) is 14.8. The second-order valence-corrected chi connectivity index (χ2v) is 7.62. The molecule has 0 unspecified atom stereocenters. The van der Waals surface area contributed by atoms with E-state index >= 15 is 0 Å². The van der Waals surface area contributed by atoms with Gasteiger partial charge in [-0.1, -0.05) is 41.9 Å². The Morgan fingerprint density at radius 2 is 1.71 bits per heavy atom. The van der Waals surface area contributed by atoms with Crippen LogP contribution in [0.15, 0.2) is 78.4 Å². The Morgan fingerprint density at radius 3 is 2.38 bits per heavy atom. The van der Waals surface area contributed by atoms with Gasteiger partial charge in [0, 0.05) is 22.7 Å². The van der Waals surface area contributed by atoms with Gasteiger partial charge in [0.25, 0.3) is 17.5 Å². The molecule has 170 valence electrons. The summed E-state index contributed by atoms with van der Waals surface area (Å²) < 4.78 is 5.87. The van der Waals surface area contributed by atoms with E-state index in [-0.39, 0.29) is 23.6 Å². The van der Waals surface area contributed by atoms with E-state index in [1.807, 2.05) is 30.3 Å². The molecule has 10 heteroatoms. The second kappa shape index (κ2) is 9.55. The summed E-state index contributed by atoms with van der Waals surface area (Å²) in [6, 6.07) is 18.0. The number of nitrogens with zero attached hydrogens (tertiary/aromatic N) is 2. The number of barbiturate groups is 1. The number of ether oxygens (including phenoxy) is 1. The number of imide groups is 2. The summed E-state index contributed by atoms with van der Waals surface area (Å²) in [5.41, 5.74) is 0.805. The average Bonchev–Trinajstić information content (AvgIpc) is 2.82. The number of rotatable bonds is 6. The highest BCUT2D eigenvalue weighted by atomic mass is 35.5. The van der Waals surface area contributed by atoms with E-state index in [1.165, 1.54) is 24.3 Å². The molecule has 0 spiro atoms. The molecule has 1 N–H and O–H groups in total. The van der Waals surface area contributed by atoms with Crippen molar-refractivity contribution in [2.24, 2.45) is 0 Å². The predicted octanol–water partition coefficient (Wildman–Crippen LogP) is 4.49. The number of hydrogen-bond acceptors (Lipinski definition) is 6. The Bertz CT molecular complexity index is 1320. The van der Waals surface area contributed by atoms with Crippen LogP contribution in [0.4, 0.5) is 16.2 Å². The molecule has 1 heterocycles. The van der Waals surface area contributed by atoms with E-state index in [1.54, 1.807) is 12.1 Å². The molecule has 0 bridgehead atoms. The molecule has 9 nitrogen and oxygen atoms in total. The molecule has 34 heavy (non-hydrogen) atoms. The van der Waals surface area contributed by atoms with Gasteiger partial charge in [-0.25, -0.2) is 9.69 Å². The van der Waals surface area contributed by atoms with Gasteiger partial charge in [-0.05, 0) is 42.0 Å². The molecule has 1 aliphatic heterocycles. The smallest absolute Gasteiger partial charge is 0.335 e. The van der Waals surface area contributed by atoms with Crippen LogP contribution in [0.3, 0.4) is 0 Å². The highest BCUT2D eigenvalue weighted by Crippen LogP contribution is 2.29. The van der Waals surface area contributed by atoms with Gasteiger partial charge < -0.3 is 4.74 Å². The number of amides is 4. The highest BCUT2D eigenvalue weighted by molar-refractivity contribution is 6.39. The summed E-state index contributed by atoms with van der Waals surface area (Å²) in [5, 5.41) is 13.3. The third-order valence-corrected chi connectivity index (χ3v) is 5.16. The zero-order valence-electron chi connectivity index (χ0n) is 17.4. The molecule has 0 saturated carbocycles. The molecule has 1 aliphatic rings. The Kier molecular flexibility index (Phi) is 6.37. The molecule has 3 aromatic rings. The Balaban J connectivity index is 1.66. The number of hydrogen-bond donors (Lipinski definition) is 1. The number of anilines is 1. The molecular weight excluding hydrogens is 462 g/mol. The lowest BCUT2D eigenvalue weighted by molar-refractivity contribution is -0.384. The lowest BCUT2D eigenvalue weighted by Crippen LogP contribution is -2.54. The van der Waals surface area contributed by atoms with Crippen LogP contribution in [0, 0.1) is 10.1 Å². The lowest BCUT2D eigenvalue weighted by Gasteiger charge is -2.26. The van der Waals surface area contributed by atoms with Crippen LogP contribution in [0.2, 0.25) is 5.02 Å². The molecule has 0 aliphatic carbocycles. The minimum Gasteiger partial charge on any atom is -0.488 e. The van der Waals surface area contributed by atoms with Crippen molar-refractivity contribution in [3.8, 4) is 5.75 Å². The van der Waals surface area contributed by atoms with Crippen LogP contribution in [0.5, 0.6) is 5.75 Å². The molecule has 0 atom stereocenters. The fraction of sp³-hybridized carbons (Fsp3) is 0.0417. The van der Waals surface area contributed by atoms with Crippen LogP contribution < -0.4 is 15.0 Å². The fourth-order valence-corrected chi connectivity index (χ4v) is 3.45. The van der Waals surface area contributed by atoms with E-state index in [0.29, 0.717) is 16.3 Å². The predicted molar refractivity (Wildman–Crippen MR) is 124 cm³/mol. The number of halogens is 1. The van der Waals surface area contributed by atoms with E-state index < -0.39 is 22.8 Å². The number of non-ortho nitro benzene ring substituents is 1. The molecule has 4 amide bonds. The van der Waals surface area contributed by atoms with Crippen LogP contribution in [-0.4, -0.2) is 22.8 Å². The van der Waals surface area contributed by atoms with E-state index in [4.69, 9.17) is 16.3 Å². The maximum atomic E-state index is 13.1. The van der Waals surface area contributed by atoms with Crippen molar-refractivity contribution in [2.45, 2.75) is 6.61 Å². The SMILES string of the molecule is O=C1NC(=O)N(c2ccc([N+](=O)[O-])cc2)C(=O)/C1=C/c1cc(Cl)ccc1OCc1ccccc1. The molecule has 3 aromatic carbocycles. The van der Waals surface area contributed by atoms with Crippen molar-refractivity contribution in [1.82, 2.24) is 5.32 Å². The van der Waals surface area contributed by atoms with Crippen LogP contribution in [0.25, 0.3) is 6.08 Å². The fourth-order valence-electron chi connectivity index (χ4n) is 3.27. The molecule has 4 rings (SSSR count). The standard InChI is InChI=1S/C24H16ClN3O6/c25-17-6-11-21(34-14-15-4-2-1-3-5-15)16(12-17)13-20-22(29)26-24(31)27(23(20)30)18-7-9-19(10-8-18)28(32)33/h1-13H,14H2,(H,26,29,31)/b20-13+. The summed E-state index contributed by atoms with van der Waals surface area (Å²) in [4.78, 5) is 49.0. The Labute approximate surface area is 198 Å². The van der Waals surface area contributed by atoms with Crippen molar-refractivity contribution in [2.75, 3.05) is 4.90 Å². The van der Waals surface area contributed by atoms with Gasteiger partial charge in [0.1, 0.15) is 17.9 Å². The van der Waals surface area contributed by atoms with Crippen molar-refractivity contribution >= 4 is 46.9 Å². The zero-order valence-corrected chi connectivity index (χ0v) is 18.2. The molecule has 1 fully saturated rings. The van der Waals surface area contributed by atoms with Crippen LogP contribution >= 0.6 is 11.6 Å². The van der Waals surface area contributed by atoms with E-state index in [9.17, 15) is 24.5 Å². The van der Waals surface area contributed by atoms with Gasteiger partial charge >= 0.3 is 6.03 Å². The van der Waals surface area contributed by atoms with E-state index in [0.717, 1.165) is 22.6 Å². The third kappa shape index (κ3) is 4.79. The maximum Gasteiger partial charge on any atom is 0.335 e. The van der Waals surface area contributed by atoms with Crippen molar-refractivity contribution in [3.05, 3.63) is 105 Å². The first kappa shape index (κ1) is 22.7. The van der Waals surface area contributed by atoms with Crippen molar-refractivity contribution in [1.29, 1.82) is 0 Å². The van der Waals surface area contributed by atoms with Crippen LogP contribution in [-0.2, 0) is 16.2 Å². The van der Waals surface area contributed by atoms with Gasteiger partial charge in [0.2, 0.25) is 0 Å². The second-order valence-electron chi connectivity index (χ2n) is 7.19. The van der Waals surface area contributed by atoms with Gasteiger partial charge in [-0.2, -0.15) is 0 Å². The Hall–Kier alpha value is -4.50. The topological polar surface area (TPSA) is 119 Å². The van der Waals surface area contributed by atoms with Crippen molar-refractivity contribution in [3.63, 3.8) is 0 Å². The summed E-state index contributed by atoms with van der Waals surface area (Å²) in [6.07, 6.45) is 1.29. The number of carbonyl (C=O) groups is 3. The lowest BCUT2D eigenvalue weighted by atomic mass is 10.1. The van der Waals surface area contributed by atoms with Crippen LogP contribution in [0.1, 0.15) is 11.1 Å². The molecule has 1 saturated heterocycles. The molecule has 0 aromatic heterocycles. The first-order valence-electron chi connectivity index (χ1n) is 9.95. The summed E-state index contributed by atoms with van der Waals surface area (Å²) in [7, 11) is 0. The number of nitrogens with one attached hydrogen (secondary N) is 1. The highest BCUT2D eigenvalue weighted by Gasteiger charge is 2.37. The minimum atomic E-state index is -0.965. The number of benzene rings is 3. The average molecular weight is 478 g/mol. The summed E-state index contributed by atoms with van der Waals surface area (Å²) in [6.45, 7) is 0.242. The van der Waals surface area contributed by atoms with Gasteiger partial charge in [0.05, 0.1) is 10.6 Å². The number of nitro benzene ring substituents is 1. The number of carbonyl (C=O) groups excluding carboxylic acids is 3. The first-order valence-corrected chi connectivity index (χ1v) is 10.3. The Morgan fingerprint density at radius 1 is 1.00 bits per heavy atom. The minimum absolute atomic E-state index is 0.0677. The van der Waals surface area contributed by atoms with Gasteiger partial charge in [0.15, 0.2) is 0 Å². The third-order valence-electron chi connectivity index (χ3n) is 4.93. The maximum absolute atomic E-state index is 13.1. The summed E-state index contributed by atoms with van der Waals surface area (Å²) >= 11 is 6.12. The first-order chi connectivity index (χ1) is 16.3.